The van der Waals surface area contributed by atoms with Gasteiger partial charge in [0.1, 0.15) is 0 Å². The Morgan fingerprint density at radius 1 is 1.78 bits per heavy atom. The minimum atomic E-state index is -1.06. The zero-order chi connectivity index (χ0) is 7.70. The number of aliphatic hydroxyl groups is 1. The molecule has 0 bridgehead atoms. The highest BCUT2D eigenvalue weighted by Gasteiger charge is 1.88. The molecular weight excluding hydrogens is 126 g/mol. The molecule has 4 N–H and O–H groups in total. The van der Waals surface area contributed by atoms with Crippen molar-refractivity contribution in [2.75, 3.05) is 13.2 Å². The van der Waals surface area contributed by atoms with Crippen LogP contribution < -0.4 is 5.90 Å². The van der Waals surface area contributed by atoms with Gasteiger partial charge in [-0.05, 0) is 6.92 Å². The van der Waals surface area contributed by atoms with Gasteiger partial charge >= 0.3 is 5.97 Å². The summed E-state index contributed by atoms with van der Waals surface area (Å²) < 4.78 is 0. The summed E-state index contributed by atoms with van der Waals surface area (Å²) in [5.41, 5.74) is 0. The van der Waals surface area contributed by atoms with Gasteiger partial charge in [-0.25, -0.2) is 10.7 Å². The van der Waals surface area contributed by atoms with Crippen molar-refractivity contribution in [2.45, 2.75) is 6.92 Å². The van der Waals surface area contributed by atoms with Crippen LogP contribution >= 0.6 is 0 Å². The molecule has 0 saturated heterocycles. The third-order valence-electron chi connectivity index (χ3n) is 0.207. The first kappa shape index (κ1) is 11.2. The Kier molecular flexibility index (Phi) is 12.9. The SMILES string of the molecule is CCO.NOCC(=O)O. The summed E-state index contributed by atoms with van der Waals surface area (Å²) in [5, 5.41) is 15.3. The van der Waals surface area contributed by atoms with Gasteiger partial charge in [-0.3, -0.25) is 4.84 Å². The lowest BCUT2D eigenvalue weighted by molar-refractivity contribution is -0.142. The minimum absolute atomic E-state index is 0.250. The molecule has 0 aromatic carbocycles. The maximum absolute atomic E-state index is 9.39. The van der Waals surface area contributed by atoms with Gasteiger partial charge in [0.2, 0.25) is 0 Å². The van der Waals surface area contributed by atoms with Crippen molar-refractivity contribution in [1.29, 1.82) is 0 Å². The quantitative estimate of drug-likeness (QED) is 0.423. The molecule has 0 spiro atoms. The molecule has 0 heterocycles. The number of carboxylic acids is 1. The second-order valence-electron chi connectivity index (χ2n) is 1.02. The lowest BCUT2D eigenvalue weighted by Crippen LogP contribution is -2.10. The monoisotopic (exact) mass is 137 g/mol. The summed E-state index contributed by atoms with van der Waals surface area (Å²) in [6, 6.07) is 0. The smallest absolute Gasteiger partial charge is 0.331 e. The van der Waals surface area contributed by atoms with E-state index in [0.717, 1.165) is 0 Å². The van der Waals surface area contributed by atoms with Crippen LogP contribution in [0.1, 0.15) is 6.92 Å². The molecule has 0 radical (unpaired) electrons. The largest absolute Gasteiger partial charge is 0.479 e. The highest BCUT2D eigenvalue weighted by Crippen LogP contribution is 1.57. The fraction of sp³-hybridized carbons (Fsp3) is 0.750. The van der Waals surface area contributed by atoms with E-state index in [1.807, 2.05) is 0 Å². The van der Waals surface area contributed by atoms with Crippen molar-refractivity contribution < 1.29 is 19.8 Å². The van der Waals surface area contributed by atoms with Gasteiger partial charge in [-0.2, -0.15) is 0 Å². The van der Waals surface area contributed by atoms with Crippen LogP contribution in [0.25, 0.3) is 0 Å². The standard InChI is InChI=1S/C2H5NO3.C2H6O/c3-6-1-2(4)5;1-2-3/h1,3H2,(H,4,5);3H,2H2,1H3. The van der Waals surface area contributed by atoms with Crippen LogP contribution in [0, 0.1) is 0 Å². The molecule has 0 aromatic heterocycles. The van der Waals surface area contributed by atoms with Crippen LogP contribution in [0.5, 0.6) is 0 Å². The van der Waals surface area contributed by atoms with Gasteiger partial charge in [0.05, 0.1) is 0 Å². The maximum atomic E-state index is 9.39. The first-order chi connectivity index (χ1) is 4.18. The van der Waals surface area contributed by atoms with Gasteiger partial charge in [0.15, 0.2) is 6.61 Å². The van der Waals surface area contributed by atoms with Gasteiger partial charge in [0, 0.05) is 6.61 Å². The van der Waals surface area contributed by atoms with Crippen LogP contribution in [-0.2, 0) is 9.63 Å². The van der Waals surface area contributed by atoms with E-state index in [9.17, 15) is 4.79 Å². The first-order valence-corrected chi connectivity index (χ1v) is 2.33. The van der Waals surface area contributed by atoms with Crippen molar-refractivity contribution in [1.82, 2.24) is 0 Å². The maximum Gasteiger partial charge on any atom is 0.331 e. The number of carboxylic acid groups (broad SMARTS) is 1. The Bertz CT molecular complexity index is 65.6. The Morgan fingerprint density at radius 2 is 2.11 bits per heavy atom. The molecule has 0 aliphatic heterocycles. The molecular formula is C4H11NO4. The van der Waals surface area contributed by atoms with Crippen molar-refractivity contribution in [3.8, 4) is 0 Å². The summed E-state index contributed by atoms with van der Waals surface area (Å²) in [7, 11) is 0. The van der Waals surface area contributed by atoms with E-state index < -0.39 is 12.6 Å². The Morgan fingerprint density at radius 3 is 2.11 bits per heavy atom. The molecule has 0 amide bonds. The third kappa shape index (κ3) is 38.1. The number of nitrogens with two attached hydrogens (primary N) is 1. The van der Waals surface area contributed by atoms with Crippen LogP contribution in [0.3, 0.4) is 0 Å². The molecule has 0 unspecified atom stereocenters. The molecule has 0 fully saturated rings. The van der Waals surface area contributed by atoms with E-state index in [0.29, 0.717) is 0 Å². The molecule has 5 nitrogen and oxygen atoms in total. The van der Waals surface area contributed by atoms with E-state index in [2.05, 4.69) is 10.7 Å². The average molecular weight is 137 g/mol. The van der Waals surface area contributed by atoms with Crippen molar-refractivity contribution in [3.05, 3.63) is 0 Å². The van der Waals surface area contributed by atoms with E-state index in [1.165, 1.54) is 0 Å². The molecule has 0 rings (SSSR count). The Balaban J connectivity index is 0. The summed E-state index contributed by atoms with van der Waals surface area (Å²) in [6.07, 6.45) is 0. The lowest BCUT2D eigenvalue weighted by Gasteiger charge is -1.83. The second-order valence-corrected chi connectivity index (χ2v) is 1.02. The van der Waals surface area contributed by atoms with Crippen LogP contribution in [-0.4, -0.2) is 29.4 Å². The van der Waals surface area contributed by atoms with E-state index >= 15 is 0 Å². The summed E-state index contributed by atoms with van der Waals surface area (Å²) >= 11 is 0. The third-order valence-corrected chi connectivity index (χ3v) is 0.207. The number of aliphatic carboxylic acids is 1. The normalized spacial score (nSPS) is 7.44. The summed E-state index contributed by atoms with van der Waals surface area (Å²) in [6.45, 7) is 1.50. The average Bonchev–Trinajstić information content (AvgIpc) is 1.67. The Hall–Kier alpha value is -0.650. The molecule has 0 aliphatic carbocycles. The second kappa shape index (κ2) is 10.4. The zero-order valence-corrected chi connectivity index (χ0v) is 5.20. The topological polar surface area (TPSA) is 92.8 Å². The lowest BCUT2D eigenvalue weighted by atomic mass is 10.8. The van der Waals surface area contributed by atoms with Crippen LogP contribution in [0.2, 0.25) is 0 Å². The van der Waals surface area contributed by atoms with Crippen molar-refractivity contribution in [2.24, 2.45) is 5.90 Å². The number of hydrogen-bond donors (Lipinski definition) is 3. The molecule has 9 heavy (non-hydrogen) atoms. The Labute approximate surface area is 53.0 Å². The summed E-state index contributed by atoms with van der Waals surface area (Å²) in [5.74, 6) is 3.29. The van der Waals surface area contributed by atoms with Crippen LogP contribution in [0.4, 0.5) is 0 Å². The molecule has 5 heteroatoms. The fourth-order valence-corrected chi connectivity index (χ4v) is 0.0713. The van der Waals surface area contributed by atoms with Gasteiger partial charge in [0.25, 0.3) is 0 Å². The highest BCUT2D eigenvalue weighted by atomic mass is 16.6. The van der Waals surface area contributed by atoms with E-state index in [4.69, 9.17) is 10.2 Å². The van der Waals surface area contributed by atoms with Gasteiger partial charge in [-0.1, -0.05) is 0 Å². The number of hydrogen-bond acceptors (Lipinski definition) is 4. The summed E-state index contributed by atoms with van der Waals surface area (Å²) in [4.78, 5) is 13.1. The predicted molar refractivity (Wildman–Crippen MR) is 30.5 cm³/mol. The highest BCUT2D eigenvalue weighted by molar-refractivity contribution is 5.67. The molecule has 0 atom stereocenters. The molecule has 0 aliphatic rings. The van der Waals surface area contributed by atoms with Gasteiger partial charge in [-0.15, -0.1) is 0 Å². The predicted octanol–water partition coefficient (Wildman–Crippen LogP) is -1.04. The van der Waals surface area contributed by atoms with E-state index in [1.54, 1.807) is 6.92 Å². The van der Waals surface area contributed by atoms with Crippen LogP contribution in [0.15, 0.2) is 0 Å². The van der Waals surface area contributed by atoms with Gasteiger partial charge < -0.3 is 10.2 Å². The number of aliphatic hydroxyl groups excluding tert-OH is 1. The first-order valence-electron chi connectivity index (χ1n) is 2.33. The number of carbonyl (C=O) groups is 1. The molecule has 0 aromatic rings. The van der Waals surface area contributed by atoms with Crippen molar-refractivity contribution >= 4 is 5.97 Å². The number of rotatable bonds is 2. The molecule has 56 valence electrons. The fourth-order valence-electron chi connectivity index (χ4n) is 0.0713. The van der Waals surface area contributed by atoms with Crippen molar-refractivity contribution in [3.63, 3.8) is 0 Å². The molecule has 0 saturated carbocycles. The zero-order valence-electron chi connectivity index (χ0n) is 5.20. The van der Waals surface area contributed by atoms with E-state index in [-0.39, 0.29) is 6.61 Å². The minimum Gasteiger partial charge on any atom is -0.479 e.